The number of fused-ring (bicyclic) bond motifs is 1. The van der Waals surface area contributed by atoms with Gasteiger partial charge in [-0.05, 0) is 49.2 Å². The van der Waals surface area contributed by atoms with E-state index in [1.807, 2.05) is 74.5 Å². The molecule has 10 heteroatoms. The van der Waals surface area contributed by atoms with Gasteiger partial charge in [-0.3, -0.25) is 8.98 Å². The Labute approximate surface area is 260 Å². The largest absolute Gasteiger partial charge is 0.493 e. The number of hydrogen-bond acceptors (Lipinski definition) is 7. The van der Waals surface area contributed by atoms with Gasteiger partial charge in [-0.15, -0.1) is 0 Å². The Balaban J connectivity index is 1.34. The first-order valence-electron chi connectivity index (χ1n) is 14.3. The Kier molecular flexibility index (Phi) is 8.25. The van der Waals surface area contributed by atoms with Gasteiger partial charge in [0.05, 0.1) is 23.1 Å². The summed E-state index contributed by atoms with van der Waals surface area (Å²) in [5.41, 5.74) is 6.20. The molecule has 0 unspecified atom stereocenters. The molecule has 9 nitrogen and oxygen atoms in total. The quantitative estimate of drug-likeness (QED) is 0.139. The number of benzene rings is 4. The van der Waals surface area contributed by atoms with Crippen molar-refractivity contribution in [1.29, 1.82) is 0 Å². The van der Waals surface area contributed by atoms with Gasteiger partial charge in [0.1, 0.15) is 24.6 Å². The topological polar surface area (TPSA) is 112 Å². The van der Waals surface area contributed by atoms with E-state index in [4.69, 9.17) is 18.8 Å². The second kappa shape index (κ2) is 12.4. The lowest BCUT2D eigenvalue weighted by Gasteiger charge is -2.14. The number of rotatable bonds is 10. The van der Waals surface area contributed by atoms with Gasteiger partial charge in [-0.1, -0.05) is 84.4 Å². The highest BCUT2D eigenvalue weighted by Crippen LogP contribution is 2.36. The third kappa shape index (κ3) is 5.98. The number of aryl methyl sites for hydroxylation is 2. The predicted octanol–water partition coefficient (Wildman–Crippen LogP) is 6.43. The van der Waals surface area contributed by atoms with E-state index >= 15 is 0 Å². The molecular weight excluding hydrogens is 590 g/mol. The molecule has 45 heavy (non-hydrogen) atoms. The molecule has 4 aromatic carbocycles. The normalized spacial score (nSPS) is 11.5. The van der Waals surface area contributed by atoms with Crippen LogP contribution < -0.4 is 15.0 Å². The van der Waals surface area contributed by atoms with E-state index in [1.165, 1.54) is 23.8 Å². The molecule has 0 saturated carbocycles. The molecule has 0 saturated heterocycles. The summed E-state index contributed by atoms with van der Waals surface area (Å²) in [5, 5.41) is 4.80. The van der Waals surface area contributed by atoms with Crippen LogP contribution >= 0.6 is 0 Å². The molecule has 0 spiro atoms. The van der Waals surface area contributed by atoms with Crippen LogP contribution in [0.3, 0.4) is 0 Å². The summed E-state index contributed by atoms with van der Waals surface area (Å²) in [6.45, 7) is 3.43. The fourth-order valence-electron chi connectivity index (χ4n) is 5.22. The number of aromatic amines is 1. The number of hydrogen-bond donors (Lipinski definition) is 1. The van der Waals surface area contributed by atoms with E-state index in [-0.39, 0.29) is 23.7 Å². The zero-order chi connectivity index (χ0) is 31.6. The predicted molar refractivity (Wildman–Crippen MR) is 173 cm³/mol. The van der Waals surface area contributed by atoms with Crippen molar-refractivity contribution in [1.82, 2.24) is 14.6 Å². The van der Waals surface area contributed by atoms with Crippen LogP contribution in [0.1, 0.15) is 11.3 Å². The van der Waals surface area contributed by atoms with Crippen molar-refractivity contribution in [3.63, 3.8) is 0 Å². The minimum absolute atomic E-state index is 0.0701. The molecule has 0 atom stereocenters. The van der Waals surface area contributed by atoms with Crippen molar-refractivity contribution in [2.75, 3.05) is 20.3 Å². The molecule has 0 amide bonds. The van der Waals surface area contributed by atoms with Gasteiger partial charge in [0, 0.05) is 11.3 Å². The van der Waals surface area contributed by atoms with Crippen molar-refractivity contribution in [3.05, 3.63) is 125 Å². The summed E-state index contributed by atoms with van der Waals surface area (Å²) >= 11 is 0. The monoisotopic (exact) mass is 621 g/mol. The summed E-state index contributed by atoms with van der Waals surface area (Å²) in [7, 11) is -2.43. The Morgan fingerprint density at radius 2 is 1.42 bits per heavy atom. The van der Waals surface area contributed by atoms with Crippen LogP contribution in [0.4, 0.5) is 0 Å². The number of methoxy groups -OCH3 is 1. The maximum atomic E-state index is 14.1. The first-order chi connectivity index (χ1) is 21.8. The van der Waals surface area contributed by atoms with Crippen LogP contribution in [0.5, 0.6) is 11.5 Å². The third-order valence-electron chi connectivity index (χ3n) is 7.42. The second-order valence-electron chi connectivity index (χ2n) is 10.4. The van der Waals surface area contributed by atoms with Crippen molar-refractivity contribution >= 4 is 15.8 Å². The standard InChI is InChI=1S/C35H31N3O6S/c1-23-14-17-28(18-15-23)45(40,41)44-21-20-43-30-22-27(16-19-29(30)42-3)31-24(2)36-34-32(25-10-6-4-7-11-25)33(37-38(34)35(31)39)26-12-8-5-9-13-26/h4-19,22,36H,20-21H2,1-3H3. The summed E-state index contributed by atoms with van der Waals surface area (Å²) in [6, 6.07) is 31.2. The molecule has 1 N–H and O–H groups in total. The minimum Gasteiger partial charge on any atom is -0.493 e. The highest BCUT2D eigenvalue weighted by molar-refractivity contribution is 7.86. The Morgan fingerprint density at radius 3 is 2.09 bits per heavy atom. The van der Waals surface area contributed by atoms with E-state index < -0.39 is 10.1 Å². The lowest BCUT2D eigenvalue weighted by Crippen LogP contribution is -2.19. The van der Waals surface area contributed by atoms with Crippen LogP contribution in [0.25, 0.3) is 39.2 Å². The molecule has 0 radical (unpaired) electrons. The van der Waals surface area contributed by atoms with Gasteiger partial charge in [-0.25, -0.2) is 0 Å². The van der Waals surface area contributed by atoms with Crippen LogP contribution in [0.2, 0.25) is 0 Å². The van der Waals surface area contributed by atoms with Crippen molar-refractivity contribution in [3.8, 4) is 45.0 Å². The first kappa shape index (κ1) is 29.9. The van der Waals surface area contributed by atoms with Crippen molar-refractivity contribution in [2.24, 2.45) is 0 Å². The van der Waals surface area contributed by atoms with E-state index in [0.717, 1.165) is 22.3 Å². The Bertz CT molecular complexity index is 2140. The summed E-state index contributed by atoms with van der Waals surface area (Å²) in [6.07, 6.45) is 0. The third-order valence-corrected chi connectivity index (χ3v) is 8.75. The summed E-state index contributed by atoms with van der Waals surface area (Å²) in [5.74, 6) is 0.757. The van der Waals surface area contributed by atoms with E-state index in [9.17, 15) is 13.2 Å². The molecule has 0 aliphatic rings. The number of nitrogens with zero attached hydrogens (tertiary/aromatic N) is 2. The average molecular weight is 622 g/mol. The van der Waals surface area contributed by atoms with Gasteiger partial charge in [0.15, 0.2) is 11.5 Å². The zero-order valence-electron chi connectivity index (χ0n) is 25.0. The molecule has 0 aliphatic heterocycles. The first-order valence-corrected chi connectivity index (χ1v) is 15.7. The fraction of sp³-hybridized carbons (Fsp3) is 0.143. The summed E-state index contributed by atoms with van der Waals surface area (Å²) in [4.78, 5) is 17.6. The highest BCUT2D eigenvalue weighted by atomic mass is 32.2. The van der Waals surface area contributed by atoms with E-state index in [2.05, 4.69) is 4.98 Å². The molecule has 0 bridgehead atoms. The van der Waals surface area contributed by atoms with Crippen LogP contribution in [-0.4, -0.2) is 43.3 Å². The second-order valence-corrected chi connectivity index (χ2v) is 12.1. The maximum absolute atomic E-state index is 14.1. The Morgan fingerprint density at radius 1 is 0.756 bits per heavy atom. The van der Waals surface area contributed by atoms with Crippen LogP contribution in [0, 0.1) is 13.8 Å². The number of aromatic nitrogens is 3. The van der Waals surface area contributed by atoms with Gasteiger partial charge in [0.25, 0.3) is 15.7 Å². The van der Waals surface area contributed by atoms with Crippen LogP contribution in [0.15, 0.2) is 113 Å². The molecule has 2 aromatic heterocycles. The lowest BCUT2D eigenvalue weighted by atomic mass is 10.0. The number of ether oxygens (including phenoxy) is 2. The van der Waals surface area contributed by atoms with Crippen molar-refractivity contribution in [2.45, 2.75) is 18.7 Å². The average Bonchev–Trinajstić information content (AvgIpc) is 3.44. The molecule has 6 aromatic rings. The number of H-pyrrole nitrogens is 1. The smallest absolute Gasteiger partial charge is 0.297 e. The van der Waals surface area contributed by atoms with E-state index in [1.54, 1.807) is 30.3 Å². The number of nitrogens with one attached hydrogen (secondary N) is 1. The SMILES string of the molecule is COc1ccc(-c2c(C)[nH]c3c(-c4ccccc4)c(-c4ccccc4)nn3c2=O)cc1OCCOS(=O)(=O)c1ccc(C)cc1. The maximum Gasteiger partial charge on any atom is 0.297 e. The minimum atomic E-state index is -3.94. The molecule has 0 aliphatic carbocycles. The lowest BCUT2D eigenvalue weighted by molar-refractivity contribution is 0.215. The molecular formula is C35H31N3O6S. The van der Waals surface area contributed by atoms with Crippen LogP contribution in [-0.2, 0) is 14.3 Å². The molecule has 2 heterocycles. The van der Waals surface area contributed by atoms with Crippen molar-refractivity contribution < 1.29 is 22.1 Å². The van der Waals surface area contributed by atoms with Gasteiger partial charge in [-0.2, -0.15) is 18.0 Å². The Hall–Kier alpha value is -5.19. The van der Waals surface area contributed by atoms with Gasteiger partial charge >= 0.3 is 0 Å². The van der Waals surface area contributed by atoms with Gasteiger partial charge in [0.2, 0.25) is 0 Å². The molecule has 6 rings (SSSR count). The van der Waals surface area contributed by atoms with E-state index in [0.29, 0.717) is 39.7 Å². The van der Waals surface area contributed by atoms with Gasteiger partial charge < -0.3 is 14.5 Å². The fourth-order valence-corrected chi connectivity index (χ4v) is 6.11. The summed E-state index contributed by atoms with van der Waals surface area (Å²) < 4.78 is 43.1. The zero-order valence-corrected chi connectivity index (χ0v) is 25.8. The molecule has 0 fully saturated rings. The molecule has 228 valence electrons. The highest BCUT2D eigenvalue weighted by Gasteiger charge is 2.22.